The van der Waals surface area contributed by atoms with E-state index in [1.807, 2.05) is 18.2 Å². The molecule has 0 spiro atoms. The molecular formula is C36H29F3. The highest BCUT2D eigenvalue weighted by atomic mass is 19.4. The van der Waals surface area contributed by atoms with E-state index >= 15 is 0 Å². The molecule has 0 unspecified atom stereocenters. The number of allylic oxidation sites excluding steroid dienone is 1. The van der Waals surface area contributed by atoms with E-state index in [2.05, 4.69) is 87.5 Å². The van der Waals surface area contributed by atoms with E-state index in [1.165, 1.54) is 50.7 Å². The summed E-state index contributed by atoms with van der Waals surface area (Å²) in [6.45, 7) is 6.77. The van der Waals surface area contributed by atoms with Gasteiger partial charge in [-0.1, -0.05) is 111 Å². The monoisotopic (exact) mass is 518 g/mol. The summed E-state index contributed by atoms with van der Waals surface area (Å²) in [6.07, 6.45) is -1.63. The van der Waals surface area contributed by atoms with Crippen LogP contribution in [0.25, 0.3) is 33.5 Å². The van der Waals surface area contributed by atoms with E-state index < -0.39 is 11.7 Å². The predicted molar refractivity (Wildman–Crippen MR) is 156 cm³/mol. The Hall–Kier alpha value is -4.11. The molecule has 0 amide bonds. The molecule has 3 heteroatoms. The van der Waals surface area contributed by atoms with Gasteiger partial charge in [0.05, 0.1) is 5.56 Å². The van der Waals surface area contributed by atoms with Crippen LogP contribution in [0.15, 0.2) is 103 Å². The Kier molecular flexibility index (Phi) is 5.99. The Morgan fingerprint density at radius 3 is 2.10 bits per heavy atom. The van der Waals surface area contributed by atoms with E-state index in [0.29, 0.717) is 6.42 Å². The average Bonchev–Trinajstić information content (AvgIpc) is 3.15. The van der Waals surface area contributed by atoms with Gasteiger partial charge in [-0.05, 0) is 86.3 Å². The zero-order chi connectivity index (χ0) is 27.4. The van der Waals surface area contributed by atoms with Crippen LogP contribution in [0, 0.1) is 6.92 Å². The average molecular weight is 519 g/mol. The molecule has 0 fully saturated rings. The van der Waals surface area contributed by atoms with E-state index in [9.17, 15) is 13.2 Å². The Morgan fingerprint density at radius 2 is 1.41 bits per heavy atom. The molecule has 0 N–H and O–H groups in total. The van der Waals surface area contributed by atoms with Crippen molar-refractivity contribution in [2.24, 2.45) is 0 Å². The molecule has 0 bridgehead atoms. The topological polar surface area (TPSA) is 0 Å². The van der Waals surface area contributed by atoms with Crippen molar-refractivity contribution in [1.29, 1.82) is 0 Å². The number of aryl methyl sites for hydroxylation is 1. The second-order valence-corrected chi connectivity index (χ2v) is 11.0. The summed E-state index contributed by atoms with van der Waals surface area (Å²) in [5, 5.41) is 2.57. The summed E-state index contributed by atoms with van der Waals surface area (Å²) in [5.41, 5.74) is 9.79. The van der Waals surface area contributed by atoms with Crippen LogP contribution in [0.3, 0.4) is 0 Å². The predicted octanol–water partition coefficient (Wildman–Crippen LogP) is 10.3. The largest absolute Gasteiger partial charge is 0.416 e. The number of rotatable bonds is 4. The molecule has 0 heterocycles. The standard InChI is InChI=1S/C36H29F3/c1-23-19-33-34(30-12-8-7-11-29(23)30)31-18-15-25(22-32(31)35(33,2)3)21-27(26-9-5-4-6-10-26)20-24-13-16-28(17-14-24)36(37,38)39/h4-19,21-22H,20H2,1-3H3/b27-21-. The summed E-state index contributed by atoms with van der Waals surface area (Å²) in [6, 6.07) is 33.2. The van der Waals surface area contributed by atoms with Gasteiger partial charge in [0.1, 0.15) is 0 Å². The number of halogens is 3. The minimum absolute atomic E-state index is 0.149. The molecule has 0 aromatic heterocycles. The first-order valence-corrected chi connectivity index (χ1v) is 13.2. The molecule has 0 atom stereocenters. The minimum Gasteiger partial charge on any atom is -0.166 e. The quantitative estimate of drug-likeness (QED) is 0.208. The van der Waals surface area contributed by atoms with Crippen LogP contribution in [0.4, 0.5) is 13.2 Å². The van der Waals surface area contributed by atoms with Crippen molar-refractivity contribution < 1.29 is 13.2 Å². The summed E-state index contributed by atoms with van der Waals surface area (Å²) in [5.74, 6) is 0. The SMILES string of the molecule is Cc1cc2c(c3ccccc13)-c1ccc(/C=C(/Cc3ccc(C(F)(F)F)cc3)c3ccccc3)cc1C2(C)C. The number of hydrogen-bond donors (Lipinski definition) is 0. The van der Waals surface area contributed by atoms with Gasteiger partial charge in [-0.3, -0.25) is 0 Å². The second-order valence-electron chi connectivity index (χ2n) is 11.0. The lowest BCUT2D eigenvalue weighted by molar-refractivity contribution is -0.137. The van der Waals surface area contributed by atoms with Gasteiger partial charge in [-0.25, -0.2) is 0 Å². The summed E-state index contributed by atoms with van der Waals surface area (Å²) in [4.78, 5) is 0. The van der Waals surface area contributed by atoms with E-state index in [0.717, 1.165) is 22.3 Å². The molecule has 0 saturated carbocycles. The maximum atomic E-state index is 13.1. The maximum absolute atomic E-state index is 13.1. The molecule has 1 aliphatic rings. The first-order chi connectivity index (χ1) is 18.6. The van der Waals surface area contributed by atoms with Crippen molar-refractivity contribution in [3.8, 4) is 11.1 Å². The molecule has 6 rings (SSSR count). The van der Waals surface area contributed by atoms with Gasteiger partial charge in [0.15, 0.2) is 0 Å². The lowest BCUT2D eigenvalue weighted by atomic mass is 9.80. The fourth-order valence-corrected chi connectivity index (χ4v) is 5.99. The maximum Gasteiger partial charge on any atom is 0.416 e. The van der Waals surface area contributed by atoms with Gasteiger partial charge in [-0.2, -0.15) is 13.2 Å². The molecular weight excluding hydrogens is 489 g/mol. The number of benzene rings is 5. The van der Waals surface area contributed by atoms with Crippen LogP contribution in [0.1, 0.15) is 52.8 Å². The first-order valence-electron chi connectivity index (χ1n) is 13.2. The third-order valence-electron chi connectivity index (χ3n) is 8.07. The molecule has 0 nitrogen and oxygen atoms in total. The van der Waals surface area contributed by atoms with Gasteiger partial charge in [-0.15, -0.1) is 0 Å². The summed E-state index contributed by atoms with van der Waals surface area (Å²) in [7, 11) is 0. The highest BCUT2D eigenvalue weighted by Gasteiger charge is 2.37. The Morgan fingerprint density at radius 1 is 0.744 bits per heavy atom. The second kappa shape index (κ2) is 9.27. The van der Waals surface area contributed by atoms with Gasteiger partial charge in [0.25, 0.3) is 0 Å². The third kappa shape index (κ3) is 4.46. The molecule has 5 aromatic carbocycles. The van der Waals surface area contributed by atoms with Gasteiger partial charge in [0.2, 0.25) is 0 Å². The fourth-order valence-electron chi connectivity index (χ4n) is 5.99. The highest BCUT2D eigenvalue weighted by Crippen LogP contribution is 2.52. The van der Waals surface area contributed by atoms with Crippen LogP contribution in [0.5, 0.6) is 0 Å². The van der Waals surface area contributed by atoms with Gasteiger partial charge < -0.3 is 0 Å². The zero-order valence-electron chi connectivity index (χ0n) is 22.2. The van der Waals surface area contributed by atoms with Crippen LogP contribution >= 0.6 is 0 Å². The smallest absolute Gasteiger partial charge is 0.166 e. The van der Waals surface area contributed by atoms with E-state index in [4.69, 9.17) is 0 Å². The third-order valence-corrected chi connectivity index (χ3v) is 8.07. The van der Waals surface area contributed by atoms with Crippen molar-refractivity contribution >= 4 is 22.4 Å². The van der Waals surface area contributed by atoms with Crippen LogP contribution in [0.2, 0.25) is 0 Å². The molecule has 0 saturated heterocycles. The Labute approximate surface area is 227 Å². The van der Waals surface area contributed by atoms with Gasteiger partial charge in [0, 0.05) is 5.41 Å². The number of alkyl halides is 3. The summed E-state index contributed by atoms with van der Waals surface area (Å²) < 4.78 is 39.3. The van der Waals surface area contributed by atoms with E-state index in [1.54, 1.807) is 12.1 Å². The zero-order valence-corrected chi connectivity index (χ0v) is 22.2. The first kappa shape index (κ1) is 25.2. The van der Waals surface area contributed by atoms with Crippen molar-refractivity contribution in [3.05, 3.63) is 142 Å². The van der Waals surface area contributed by atoms with Crippen molar-refractivity contribution in [3.63, 3.8) is 0 Å². The molecule has 1 aliphatic carbocycles. The fraction of sp³-hybridized carbons (Fsp3) is 0.167. The Bertz CT molecular complexity index is 1720. The van der Waals surface area contributed by atoms with Crippen molar-refractivity contribution in [2.45, 2.75) is 38.8 Å². The minimum atomic E-state index is -4.34. The molecule has 0 aliphatic heterocycles. The van der Waals surface area contributed by atoms with Crippen LogP contribution < -0.4 is 0 Å². The highest BCUT2D eigenvalue weighted by molar-refractivity contribution is 6.04. The number of fused-ring (bicyclic) bond motifs is 5. The molecule has 39 heavy (non-hydrogen) atoms. The molecule has 194 valence electrons. The van der Waals surface area contributed by atoms with Crippen molar-refractivity contribution in [2.75, 3.05) is 0 Å². The number of hydrogen-bond acceptors (Lipinski definition) is 0. The lowest BCUT2D eigenvalue weighted by Gasteiger charge is -2.22. The lowest BCUT2D eigenvalue weighted by Crippen LogP contribution is -2.15. The van der Waals surface area contributed by atoms with Crippen LogP contribution in [-0.4, -0.2) is 0 Å². The van der Waals surface area contributed by atoms with E-state index in [-0.39, 0.29) is 5.41 Å². The van der Waals surface area contributed by atoms with Crippen molar-refractivity contribution in [1.82, 2.24) is 0 Å². The molecule has 0 radical (unpaired) electrons. The normalized spacial score (nSPS) is 14.4. The molecule has 5 aromatic rings. The van der Waals surface area contributed by atoms with Crippen LogP contribution in [-0.2, 0) is 18.0 Å². The Balaban J connectivity index is 1.44. The van der Waals surface area contributed by atoms with Gasteiger partial charge >= 0.3 is 6.18 Å². The summed E-state index contributed by atoms with van der Waals surface area (Å²) >= 11 is 0.